The molecule has 1 aromatic rings. The molecule has 0 N–H and O–H groups in total. The molecule has 1 aromatic carbocycles. The van der Waals surface area contributed by atoms with E-state index in [1.807, 2.05) is 0 Å². The fourth-order valence-corrected chi connectivity index (χ4v) is 1.76. The molecule has 2 nitrogen and oxygen atoms in total. The second kappa shape index (κ2) is 5.41. The Balaban J connectivity index is 3.08. The fraction of sp³-hybridized carbons (Fsp3) is 0.273. The van der Waals surface area contributed by atoms with Gasteiger partial charge >= 0.3 is 0 Å². The third-order valence-electron chi connectivity index (χ3n) is 2.07. The van der Waals surface area contributed by atoms with Crippen LogP contribution in [0.15, 0.2) is 12.1 Å². The second-order valence-electron chi connectivity index (χ2n) is 3.21. The Bertz CT molecular complexity index is 444. The van der Waals surface area contributed by atoms with Crippen LogP contribution in [-0.4, -0.2) is 11.6 Å². The zero-order chi connectivity index (χ0) is 12.3. The van der Waals surface area contributed by atoms with E-state index >= 15 is 0 Å². The zero-order valence-corrected chi connectivity index (χ0v) is 10.0. The maximum absolute atomic E-state index is 13.1. The highest BCUT2D eigenvalue weighted by atomic mass is 35.5. The molecule has 0 bridgehead atoms. The molecular weight excluding hydrogens is 254 g/mol. The molecule has 0 aliphatic rings. The number of halogens is 3. The van der Waals surface area contributed by atoms with Crippen molar-refractivity contribution in [3.05, 3.63) is 33.6 Å². The fourth-order valence-electron chi connectivity index (χ4n) is 1.18. The van der Waals surface area contributed by atoms with E-state index in [1.54, 1.807) is 6.92 Å². The van der Waals surface area contributed by atoms with Gasteiger partial charge in [0.25, 0.3) is 0 Å². The van der Waals surface area contributed by atoms with E-state index in [4.69, 9.17) is 23.2 Å². The first-order chi connectivity index (χ1) is 7.47. The minimum atomic E-state index is -0.724. The molecular formula is C11H9Cl2FO2. The van der Waals surface area contributed by atoms with Gasteiger partial charge in [-0.3, -0.25) is 9.59 Å². The number of hydrogen-bond acceptors (Lipinski definition) is 2. The molecule has 0 aliphatic heterocycles. The van der Waals surface area contributed by atoms with Crippen LogP contribution >= 0.6 is 23.2 Å². The van der Waals surface area contributed by atoms with Crippen LogP contribution in [0.1, 0.15) is 30.1 Å². The van der Waals surface area contributed by atoms with E-state index in [2.05, 4.69) is 0 Å². The summed E-state index contributed by atoms with van der Waals surface area (Å²) in [5, 5.41) is -0.276. The molecule has 0 heterocycles. The van der Waals surface area contributed by atoms with Gasteiger partial charge in [0.2, 0.25) is 0 Å². The zero-order valence-electron chi connectivity index (χ0n) is 8.52. The quantitative estimate of drug-likeness (QED) is 0.471. The van der Waals surface area contributed by atoms with Gasteiger partial charge in [0, 0.05) is 6.42 Å². The van der Waals surface area contributed by atoms with Crippen molar-refractivity contribution >= 4 is 34.8 Å². The molecule has 0 radical (unpaired) electrons. The minimum absolute atomic E-state index is 0.0558. The van der Waals surface area contributed by atoms with Gasteiger partial charge in [-0.05, 0) is 12.1 Å². The Labute approximate surface area is 102 Å². The average molecular weight is 263 g/mol. The van der Waals surface area contributed by atoms with Crippen molar-refractivity contribution in [2.45, 2.75) is 19.8 Å². The number of benzene rings is 1. The normalized spacial score (nSPS) is 10.2. The van der Waals surface area contributed by atoms with Crippen LogP contribution in [0.25, 0.3) is 0 Å². The van der Waals surface area contributed by atoms with Crippen molar-refractivity contribution in [1.82, 2.24) is 0 Å². The standard InChI is InChI=1S/C11H9Cl2FO2/c1-2-6(15)5-9(16)10-7(12)3-4-8(14)11(10)13/h3-4H,2,5H2,1H3. The van der Waals surface area contributed by atoms with Gasteiger partial charge in [-0.25, -0.2) is 4.39 Å². The van der Waals surface area contributed by atoms with Crippen molar-refractivity contribution in [1.29, 1.82) is 0 Å². The average Bonchev–Trinajstić information content (AvgIpc) is 2.24. The topological polar surface area (TPSA) is 34.1 Å². The van der Waals surface area contributed by atoms with Crippen LogP contribution in [0.3, 0.4) is 0 Å². The molecule has 0 aliphatic carbocycles. The smallest absolute Gasteiger partial charge is 0.173 e. The third kappa shape index (κ3) is 2.80. The van der Waals surface area contributed by atoms with Gasteiger partial charge in [0.1, 0.15) is 11.6 Å². The van der Waals surface area contributed by atoms with Crippen LogP contribution in [0, 0.1) is 5.82 Å². The predicted octanol–water partition coefficient (Wildman–Crippen LogP) is 3.68. The first-order valence-corrected chi connectivity index (χ1v) is 5.41. The predicted molar refractivity (Wildman–Crippen MR) is 60.7 cm³/mol. The summed E-state index contributed by atoms with van der Waals surface area (Å²) in [5.74, 6) is -1.51. The van der Waals surface area contributed by atoms with Crippen LogP contribution in [0.2, 0.25) is 10.0 Å². The van der Waals surface area contributed by atoms with Crippen molar-refractivity contribution in [3.63, 3.8) is 0 Å². The van der Waals surface area contributed by atoms with E-state index in [0.29, 0.717) is 0 Å². The summed E-state index contributed by atoms with van der Waals surface area (Å²) in [5.41, 5.74) is -0.120. The number of ketones is 2. The molecule has 0 unspecified atom stereocenters. The van der Waals surface area contributed by atoms with Gasteiger partial charge in [0.05, 0.1) is 22.0 Å². The number of rotatable bonds is 4. The Morgan fingerprint density at radius 2 is 1.94 bits per heavy atom. The molecule has 0 spiro atoms. The molecule has 0 aromatic heterocycles. The lowest BCUT2D eigenvalue weighted by atomic mass is 10.0. The summed E-state index contributed by atoms with van der Waals surface area (Å²) in [6, 6.07) is 2.31. The van der Waals surface area contributed by atoms with Gasteiger partial charge in [-0.2, -0.15) is 0 Å². The highest BCUT2D eigenvalue weighted by Crippen LogP contribution is 2.28. The molecule has 0 saturated carbocycles. The Kier molecular flexibility index (Phi) is 4.44. The molecule has 5 heteroatoms. The Morgan fingerprint density at radius 1 is 1.31 bits per heavy atom. The Hall–Kier alpha value is -0.930. The van der Waals surface area contributed by atoms with Crippen molar-refractivity contribution in [3.8, 4) is 0 Å². The first-order valence-electron chi connectivity index (χ1n) is 4.65. The van der Waals surface area contributed by atoms with Crippen molar-refractivity contribution in [2.75, 3.05) is 0 Å². The lowest BCUT2D eigenvalue weighted by Crippen LogP contribution is -2.09. The van der Waals surface area contributed by atoms with Crippen LogP contribution in [0.5, 0.6) is 0 Å². The highest BCUT2D eigenvalue weighted by Gasteiger charge is 2.19. The summed E-state index contributed by atoms with van der Waals surface area (Å²) in [4.78, 5) is 22.8. The van der Waals surface area contributed by atoms with E-state index < -0.39 is 11.6 Å². The van der Waals surface area contributed by atoms with E-state index in [9.17, 15) is 14.0 Å². The summed E-state index contributed by atoms with van der Waals surface area (Å²) < 4.78 is 13.1. The molecule has 86 valence electrons. The van der Waals surface area contributed by atoms with Crippen LogP contribution in [-0.2, 0) is 4.79 Å². The minimum Gasteiger partial charge on any atom is -0.299 e. The summed E-state index contributed by atoms with van der Waals surface area (Å²) in [6.07, 6.45) is -0.0598. The monoisotopic (exact) mass is 262 g/mol. The van der Waals surface area contributed by atoms with E-state index in [1.165, 1.54) is 6.07 Å². The van der Waals surface area contributed by atoms with Crippen molar-refractivity contribution in [2.24, 2.45) is 0 Å². The van der Waals surface area contributed by atoms with Gasteiger partial charge in [-0.15, -0.1) is 0 Å². The number of Topliss-reactive ketones (excluding diaryl/α,β-unsaturated/α-hetero) is 2. The summed E-state index contributed by atoms with van der Waals surface area (Å²) >= 11 is 11.4. The number of carbonyl (C=O) groups is 2. The highest BCUT2D eigenvalue weighted by molar-refractivity contribution is 6.40. The van der Waals surface area contributed by atoms with Gasteiger partial charge in [0.15, 0.2) is 5.78 Å². The molecule has 0 saturated heterocycles. The number of hydrogen-bond donors (Lipinski definition) is 0. The molecule has 0 fully saturated rings. The van der Waals surface area contributed by atoms with Crippen LogP contribution in [0.4, 0.5) is 4.39 Å². The molecule has 1 rings (SSSR count). The lowest BCUT2D eigenvalue weighted by Gasteiger charge is -2.05. The van der Waals surface area contributed by atoms with Gasteiger partial charge < -0.3 is 0 Å². The maximum atomic E-state index is 13.1. The Morgan fingerprint density at radius 3 is 2.50 bits per heavy atom. The first kappa shape index (κ1) is 13.1. The van der Waals surface area contributed by atoms with E-state index in [0.717, 1.165) is 6.07 Å². The number of carbonyl (C=O) groups excluding carboxylic acids is 2. The summed E-state index contributed by atoms with van der Waals surface area (Å²) in [7, 11) is 0. The van der Waals surface area contributed by atoms with Gasteiger partial charge in [-0.1, -0.05) is 30.1 Å². The lowest BCUT2D eigenvalue weighted by molar-refractivity contribution is -0.117. The molecule has 0 amide bonds. The van der Waals surface area contributed by atoms with Crippen LogP contribution < -0.4 is 0 Å². The van der Waals surface area contributed by atoms with E-state index in [-0.39, 0.29) is 34.2 Å². The third-order valence-corrected chi connectivity index (χ3v) is 2.76. The second-order valence-corrected chi connectivity index (χ2v) is 4.00. The summed E-state index contributed by atoms with van der Waals surface area (Å²) in [6.45, 7) is 1.64. The van der Waals surface area contributed by atoms with Crippen molar-refractivity contribution < 1.29 is 14.0 Å². The maximum Gasteiger partial charge on any atom is 0.173 e. The molecule has 16 heavy (non-hydrogen) atoms. The SMILES string of the molecule is CCC(=O)CC(=O)c1c(Cl)ccc(F)c1Cl. The largest absolute Gasteiger partial charge is 0.299 e. The molecule has 0 atom stereocenters.